The minimum Gasteiger partial charge on any atom is -0.444 e. The Morgan fingerprint density at radius 3 is 2.81 bits per heavy atom. The maximum atomic E-state index is 12.3. The number of piperidine rings is 1. The predicted molar refractivity (Wildman–Crippen MR) is 80.0 cm³/mol. The number of nitrogens with zero attached hydrogens (tertiary/aromatic N) is 1. The van der Waals surface area contributed by atoms with Gasteiger partial charge in [-0.1, -0.05) is 0 Å². The average Bonchev–Trinajstić information content (AvgIpc) is 2.80. The lowest BCUT2D eigenvalue weighted by molar-refractivity contribution is -0.119. The van der Waals surface area contributed by atoms with E-state index in [2.05, 4.69) is 10.6 Å². The Labute approximate surface area is 126 Å². The van der Waals surface area contributed by atoms with Crippen LogP contribution in [0.4, 0.5) is 4.79 Å². The van der Waals surface area contributed by atoms with Crippen molar-refractivity contribution in [2.45, 2.75) is 64.1 Å². The Bertz CT molecular complexity index is 392. The highest BCUT2D eigenvalue weighted by Gasteiger charge is 2.31. The number of rotatable bonds is 3. The zero-order valence-electron chi connectivity index (χ0n) is 13.3. The fourth-order valence-electron chi connectivity index (χ4n) is 2.83. The van der Waals surface area contributed by atoms with Crippen LogP contribution in [0, 0.1) is 0 Å². The molecule has 2 atom stereocenters. The summed E-state index contributed by atoms with van der Waals surface area (Å²) in [6, 6.07) is 0.337. The van der Waals surface area contributed by atoms with Gasteiger partial charge >= 0.3 is 6.09 Å². The molecule has 21 heavy (non-hydrogen) atoms. The van der Waals surface area contributed by atoms with Gasteiger partial charge in [0.1, 0.15) is 5.60 Å². The van der Waals surface area contributed by atoms with Gasteiger partial charge in [0.05, 0.1) is 0 Å². The summed E-state index contributed by atoms with van der Waals surface area (Å²) in [6.07, 6.45) is 3.45. The Morgan fingerprint density at radius 1 is 1.43 bits per heavy atom. The van der Waals surface area contributed by atoms with Gasteiger partial charge in [0.15, 0.2) is 0 Å². The molecule has 2 amide bonds. The van der Waals surface area contributed by atoms with Crippen LogP contribution in [0.25, 0.3) is 0 Å². The molecule has 2 fully saturated rings. The maximum Gasteiger partial charge on any atom is 0.410 e. The zero-order valence-corrected chi connectivity index (χ0v) is 13.3. The summed E-state index contributed by atoms with van der Waals surface area (Å²) in [5, 5.41) is 6.21. The number of nitrogens with one attached hydrogen (secondary N) is 2. The molecule has 0 aromatic carbocycles. The molecule has 120 valence electrons. The van der Waals surface area contributed by atoms with Crippen LogP contribution in [-0.2, 0) is 9.53 Å². The fraction of sp³-hybridized carbons (Fsp3) is 0.867. The molecular formula is C15H27N3O3. The Morgan fingerprint density at radius 2 is 2.19 bits per heavy atom. The first-order valence-corrected chi connectivity index (χ1v) is 7.85. The van der Waals surface area contributed by atoms with Gasteiger partial charge in [0, 0.05) is 38.1 Å². The average molecular weight is 297 g/mol. The van der Waals surface area contributed by atoms with Crippen LogP contribution in [0.15, 0.2) is 0 Å². The minimum atomic E-state index is -0.464. The van der Waals surface area contributed by atoms with Crippen molar-refractivity contribution in [3.05, 3.63) is 0 Å². The summed E-state index contributed by atoms with van der Waals surface area (Å²) in [6.45, 7) is 7.81. The van der Waals surface area contributed by atoms with Crippen LogP contribution in [0.2, 0.25) is 0 Å². The highest BCUT2D eigenvalue weighted by atomic mass is 16.6. The zero-order chi connectivity index (χ0) is 15.5. The lowest BCUT2D eigenvalue weighted by atomic mass is 10.0. The van der Waals surface area contributed by atoms with Crippen molar-refractivity contribution >= 4 is 12.0 Å². The molecule has 6 nitrogen and oxygen atoms in total. The first-order chi connectivity index (χ1) is 9.85. The van der Waals surface area contributed by atoms with Gasteiger partial charge in [-0.15, -0.1) is 0 Å². The number of ether oxygens (including phenoxy) is 1. The van der Waals surface area contributed by atoms with E-state index in [1.807, 2.05) is 25.7 Å². The molecular weight excluding hydrogens is 270 g/mol. The third-order valence-corrected chi connectivity index (χ3v) is 3.87. The van der Waals surface area contributed by atoms with Crippen molar-refractivity contribution in [1.29, 1.82) is 0 Å². The maximum absolute atomic E-state index is 12.3. The highest BCUT2D eigenvalue weighted by molar-refractivity contribution is 5.78. The summed E-state index contributed by atoms with van der Waals surface area (Å²) in [5.41, 5.74) is -0.464. The second-order valence-electron chi connectivity index (χ2n) is 6.94. The molecule has 2 N–H and O–H groups in total. The van der Waals surface area contributed by atoms with E-state index in [9.17, 15) is 9.59 Å². The first-order valence-electron chi connectivity index (χ1n) is 7.85. The summed E-state index contributed by atoms with van der Waals surface area (Å²) in [7, 11) is 0. The molecule has 0 aromatic heterocycles. The number of likely N-dealkylation sites (tertiary alicyclic amines) is 1. The van der Waals surface area contributed by atoms with Gasteiger partial charge in [-0.25, -0.2) is 4.79 Å². The number of hydrogen-bond donors (Lipinski definition) is 2. The van der Waals surface area contributed by atoms with E-state index in [0.29, 0.717) is 13.0 Å². The molecule has 0 saturated carbocycles. The topological polar surface area (TPSA) is 70.7 Å². The summed E-state index contributed by atoms with van der Waals surface area (Å²) < 4.78 is 5.49. The second-order valence-corrected chi connectivity index (χ2v) is 6.94. The van der Waals surface area contributed by atoms with E-state index in [4.69, 9.17) is 4.74 Å². The van der Waals surface area contributed by atoms with E-state index >= 15 is 0 Å². The Balaban J connectivity index is 1.86. The Hall–Kier alpha value is -1.30. The SMILES string of the molecule is CC(C)(C)OC(=O)N1CCCCC1CNC1CNC(=O)C1. The van der Waals surface area contributed by atoms with Crippen LogP contribution < -0.4 is 10.6 Å². The molecule has 0 aromatic rings. The van der Waals surface area contributed by atoms with Crippen molar-refractivity contribution < 1.29 is 14.3 Å². The lowest BCUT2D eigenvalue weighted by Gasteiger charge is -2.37. The molecule has 2 aliphatic rings. The van der Waals surface area contributed by atoms with Crippen LogP contribution in [0.5, 0.6) is 0 Å². The monoisotopic (exact) mass is 297 g/mol. The molecule has 2 heterocycles. The van der Waals surface area contributed by atoms with Crippen molar-refractivity contribution in [3.63, 3.8) is 0 Å². The molecule has 0 radical (unpaired) electrons. The van der Waals surface area contributed by atoms with Crippen LogP contribution in [0.3, 0.4) is 0 Å². The smallest absolute Gasteiger partial charge is 0.410 e. The summed E-state index contributed by atoms with van der Waals surface area (Å²) in [5.74, 6) is 0.0974. The number of amides is 2. The van der Waals surface area contributed by atoms with Crippen LogP contribution in [0.1, 0.15) is 46.5 Å². The third kappa shape index (κ3) is 4.88. The molecule has 0 bridgehead atoms. The number of hydrogen-bond acceptors (Lipinski definition) is 4. The van der Waals surface area contributed by atoms with Crippen molar-refractivity contribution in [2.24, 2.45) is 0 Å². The van der Waals surface area contributed by atoms with E-state index in [1.165, 1.54) is 0 Å². The number of carbonyl (C=O) groups excluding carboxylic acids is 2. The molecule has 6 heteroatoms. The Kier molecular flexibility index (Phi) is 5.08. The second kappa shape index (κ2) is 6.64. The van der Waals surface area contributed by atoms with E-state index in [0.717, 1.165) is 32.4 Å². The molecule has 2 rings (SSSR count). The molecule has 2 aliphatic heterocycles. The van der Waals surface area contributed by atoms with Crippen molar-refractivity contribution in [1.82, 2.24) is 15.5 Å². The molecule has 2 saturated heterocycles. The first kappa shape index (κ1) is 16.1. The van der Waals surface area contributed by atoms with Crippen LogP contribution in [-0.4, -0.2) is 54.2 Å². The largest absolute Gasteiger partial charge is 0.444 e. The predicted octanol–water partition coefficient (Wildman–Crippen LogP) is 1.25. The van der Waals surface area contributed by atoms with Gasteiger partial charge in [-0.3, -0.25) is 4.79 Å². The van der Waals surface area contributed by atoms with E-state index in [-0.39, 0.29) is 24.1 Å². The highest BCUT2D eigenvalue weighted by Crippen LogP contribution is 2.20. The molecule has 2 unspecified atom stereocenters. The molecule has 0 spiro atoms. The van der Waals surface area contributed by atoms with Gasteiger partial charge in [-0.05, 0) is 40.0 Å². The summed E-state index contributed by atoms with van der Waals surface area (Å²) in [4.78, 5) is 25.3. The van der Waals surface area contributed by atoms with E-state index < -0.39 is 5.60 Å². The van der Waals surface area contributed by atoms with E-state index in [1.54, 1.807) is 0 Å². The van der Waals surface area contributed by atoms with Crippen molar-refractivity contribution in [3.8, 4) is 0 Å². The fourth-order valence-corrected chi connectivity index (χ4v) is 2.83. The molecule has 0 aliphatic carbocycles. The van der Waals surface area contributed by atoms with Gasteiger partial charge in [0.2, 0.25) is 5.91 Å². The van der Waals surface area contributed by atoms with Crippen LogP contribution >= 0.6 is 0 Å². The lowest BCUT2D eigenvalue weighted by Crippen LogP contribution is -2.51. The van der Waals surface area contributed by atoms with Crippen molar-refractivity contribution in [2.75, 3.05) is 19.6 Å². The summed E-state index contributed by atoms with van der Waals surface area (Å²) >= 11 is 0. The minimum absolute atomic E-state index is 0.0974. The van der Waals surface area contributed by atoms with Gasteiger partial charge in [0.25, 0.3) is 0 Å². The third-order valence-electron chi connectivity index (χ3n) is 3.87. The number of carbonyl (C=O) groups is 2. The quantitative estimate of drug-likeness (QED) is 0.822. The normalized spacial score (nSPS) is 26.6. The standard InChI is InChI=1S/C15H27N3O3/c1-15(2,3)21-14(20)18-7-5-4-6-12(18)10-16-11-8-13(19)17-9-11/h11-12,16H,4-10H2,1-3H3,(H,17,19). The van der Waals surface area contributed by atoms with Gasteiger partial charge < -0.3 is 20.3 Å². The van der Waals surface area contributed by atoms with Gasteiger partial charge in [-0.2, -0.15) is 0 Å².